The van der Waals surface area contributed by atoms with Gasteiger partial charge in [0.25, 0.3) is 0 Å². The van der Waals surface area contributed by atoms with E-state index in [0.717, 1.165) is 17.7 Å². The van der Waals surface area contributed by atoms with Gasteiger partial charge < -0.3 is 10.0 Å². The molecule has 1 N–H and O–H groups in total. The van der Waals surface area contributed by atoms with E-state index in [1.807, 2.05) is 28.5 Å². The molecule has 0 aromatic carbocycles. The highest BCUT2D eigenvalue weighted by molar-refractivity contribution is 7.10. The smallest absolute Gasteiger partial charge is 0.246 e. The Kier molecular flexibility index (Phi) is 4.96. The van der Waals surface area contributed by atoms with E-state index < -0.39 is 0 Å². The van der Waals surface area contributed by atoms with Crippen LogP contribution in [0.25, 0.3) is 6.08 Å². The normalized spacial score (nSPS) is 16.5. The third-order valence-corrected chi connectivity index (χ3v) is 4.16. The van der Waals surface area contributed by atoms with Crippen LogP contribution in [0.4, 0.5) is 0 Å². The number of aliphatic hydroxyl groups is 1. The van der Waals surface area contributed by atoms with E-state index in [2.05, 4.69) is 0 Å². The van der Waals surface area contributed by atoms with Gasteiger partial charge in [0, 0.05) is 23.5 Å². The molecule has 0 unspecified atom stereocenters. The fourth-order valence-corrected chi connectivity index (χ4v) is 3.05. The summed E-state index contributed by atoms with van der Waals surface area (Å²) in [6.45, 7) is 0.480. The third-order valence-electron chi connectivity index (χ3n) is 3.32. The minimum atomic E-state index is 0.0179. The highest BCUT2D eigenvalue weighted by atomic mass is 32.1. The topological polar surface area (TPSA) is 40.5 Å². The largest absolute Gasteiger partial charge is 0.395 e. The predicted molar refractivity (Wildman–Crippen MR) is 74.4 cm³/mol. The number of thiophene rings is 1. The van der Waals surface area contributed by atoms with E-state index in [1.54, 1.807) is 17.4 Å². The molecule has 0 aliphatic heterocycles. The average molecular weight is 265 g/mol. The Bertz CT molecular complexity index is 394. The summed E-state index contributed by atoms with van der Waals surface area (Å²) in [4.78, 5) is 15.0. The zero-order valence-electron chi connectivity index (χ0n) is 10.4. The van der Waals surface area contributed by atoms with Gasteiger partial charge in [0.1, 0.15) is 0 Å². The van der Waals surface area contributed by atoms with Crippen molar-refractivity contribution in [1.82, 2.24) is 4.90 Å². The minimum Gasteiger partial charge on any atom is -0.395 e. The van der Waals surface area contributed by atoms with Crippen molar-refractivity contribution < 1.29 is 9.90 Å². The zero-order valence-corrected chi connectivity index (χ0v) is 11.2. The van der Waals surface area contributed by atoms with E-state index in [1.165, 1.54) is 12.8 Å². The molecule has 1 aliphatic rings. The molecule has 2 rings (SSSR count). The van der Waals surface area contributed by atoms with Crippen LogP contribution in [-0.2, 0) is 4.79 Å². The lowest BCUT2D eigenvalue weighted by Crippen LogP contribution is -2.39. The van der Waals surface area contributed by atoms with Crippen LogP contribution in [0, 0.1) is 0 Å². The van der Waals surface area contributed by atoms with E-state index in [0.29, 0.717) is 12.6 Å². The van der Waals surface area contributed by atoms with Crippen molar-refractivity contribution >= 4 is 23.3 Å². The van der Waals surface area contributed by atoms with Crippen molar-refractivity contribution in [3.05, 3.63) is 28.5 Å². The molecular formula is C14H19NO2S. The molecule has 1 aliphatic carbocycles. The molecule has 1 heterocycles. The fourth-order valence-electron chi connectivity index (χ4n) is 2.43. The zero-order chi connectivity index (χ0) is 12.8. The van der Waals surface area contributed by atoms with Crippen LogP contribution < -0.4 is 0 Å². The Morgan fingerprint density at radius 2 is 2.28 bits per heavy atom. The van der Waals surface area contributed by atoms with Crippen LogP contribution in [-0.4, -0.2) is 35.1 Å². The highest BCUT2D eigenvalue weighted by Gasteiger charge is 2.24. The number of hydrogen-bond acceptors (Lipinski definition) is 3. The van der Waals surface area contributed by atoms with E-state index in [4.69, 9.17) is 5.11 Å². The fraction of sp³-hybridized carbons (Fsp3) is 0.500. The second-order valence-electron chi connectivity index (χ2n) is 4.54. The number of hydrogen-bond donors (Lipinski definition) is 1. The molecule has 98 valence electrons. The summed E-state index contributed by atoms with van der Waals surface area (Å²) < 4.78 is 0. The summed E-state index contributed by atoms with van der Waals surface area (Å²) >= 11 is 1.62. The van der Waals surface area contributed by atoms with Crippen molar-refractivity contribution in [2.45, 2.75) is 31.7 Å². The van der Waals surface area contributed by atoms with E-state index in [9.17, 15) is 4.79 Å². The number of aliphatic hydroxyl groups excluding tert-OH is 1. The summed E-state index contributed by atoms with van der Waals surface area (Å²) in [5, 5.41) is 11.1. The van der Waals surface area contributed by atoms with Crippen molar-refractivity contribution in [3.8, 4) is 0 Å². The molecule has 1 aromatic heterocycles. The maximum absolute atomic E-state index is 12.1. The monoisotopic (exact) mass is 265 g/mol. The Morgan fingerprint density at radius 3 is 2.89 bits per heavy atom. The van der Waals surface area contributed by atoms with Crippen LogP contribution in [0.5, 0.6) is 0 Å². The molecular weight excluding hydrogens is 246 g/mol. The first-order chi connectivity index (χ1) is 8.81. The molecule has 0 bridgehead atoms. The lowest BCUT2D eigenvalue weighted by Gasteiger charge is -2.27. The number of carbonyl (C=O) groups excluding carboxylic acids is 1. The molecule has 0 spiro atoms. The van der Waals surface area contributed by atoms with Gasteiger partial charge >= 0.3 is 0 Å². The first kappa shape index (κ1) is 13.3. The van der Waals surface area contributed by atoms with Crippen LogP contribution in [0.15, 0.2) is 23.6 Å². The second kappa shape index (κ2) is 6.71. The summed E-state index contributed by atoms with van der Waals surface area (Å²) in [5.41, 5.74) is 0. The molecule has 3 nitrogen and oxygen atoms in total. The lowest BCUT2D eigenvalue weighted by molar-refractivity contribution is -0.128. The number of carbonyl (C=O) groups is 1. The van der Waals surface area contributed by atoms with E-state index >= 15 is 0 Å². The van der Waals surface area contributed by atoms with Gasteiger partial charge in [0.2, 0.25) is 5.91 Å². The van der Waals surface area contributed by atoms with Gasteiger partial charge in [-0.3, -0.25) is 4.79 Å². The minimum absolute atomic E-state index is 0.0179. The SMILES string of the molecule is O=C(C=Cc1cccs1)N(CCO)C1CCCC1. The summed E-state index contributed by atoms with van der Waals surface area (Å²) in [6, 6.07) is 4.27. The molecule has 1 fully saturated rings. The predicted octanol–water partition coefficient (Wildman–Crippen LogP) is 2.52. The summed E-state index contributed by atoms with van der Waals surface area (Å²) in [5.74, 6) is 0.0179. The van der Waals surface area contributed by atoms with E-state index in [-0.39, 0.29) is 12.5 Å². The maximum Gasteiger partial charge on any atom is 0.246 e. The standard InChI is InChI=1S/C14H19NO2S/c16-10-9-15(12-4-1-2-5-12)14(17)8-7-13-6-3-11-18-13/h3,6-8,11-12,16H,1-2,4-5,9-10H2. The molecule has 1 amide bonds. The van der Waals surface area contributed by atoms with Gasteiger partial charge in [0.15, 0.2) is 0 Å². The Hall–Kier alpha value is -1.13. The first-order valence-corrected chi connectivity index (χ1v) is 7.32. The first-order valence-electron chi connectivity index (χ1n) is 6.44. The molecule has 0 radical (unpaired) electrons. The van der Waals surface area contributed by atoms with Crippen molar-refractivity contribution in [3.63, 3.8) is 0 Å². The highest BCUT2D eigenvalue weighted by Crippen LogP contribution is 2.23. The summed E-state index contributed by atoms with van der Waals surface area (Å²) in [6.07, 6.45) is 7.99. The third kappa shape index (κ3) is 3.43. The van der Waals surface area contributed by atoms with Gasteiger partial charge in [0.05, 0.1) is 6.61 Å². The quantitative estimate of drug-likeness (QED) is 0.831. The van der Waals surface area contributed by atoms with Crippen molar-refractivity contribution in [2.24, 2.45) is 0 Å². The molecule has 0 saturated heterocycles. The average Bonchev–Trinajstić information content (AvgIpc) is 3.05. The van der Waals surface area contributed by atoms with Gasteiger partial charge in [-0.1, -0.05) is 18.9 Å². The van der Waals surface area contributed by atoms with Crippen molar-refractivity contribution in [1.29, 1.82) is 0 Å². The van der Waals surface area contributed by atoms with Crippen LogP contribution in [0.2, 0.25) is 0 Å². The maximum atomic E-state index is 12.1. The Labute approximate surface area is 112 Å². The molecule has 4 heteroatoms. The van der Waals surface area contributed by atoms with Gasteiger partial charge in [-0.2, -0.15) is 0 Å². The van der Waals surface area contributed by atoms with Crippen LogP contribution in [0.3, 0.4) is 0 Å². The van der Waals surface area contributed by atoms with Crippen molar-refractivity contribution in [2.75, 3.05) is 13.2 Å². The van der Waals surface area contributed by atoms with Gasteiger partial charge in [-0.25, -0.2) is 0 Å². The molecule has 1 aromatic rings. The molecule has 18 heavy (non-hydrogen) atoms. The number of rotatable bonds is 5. The Balaban J connectivity index is 1.98. The number of nitrogens with zero attached hydrogens (tertiary/aromatic N) is 1. The van der Waals surface area contributed by atoms with Gasteiger partial charge in [-0.05, 0) is 30.4 Å². The Morgan fingerprint density at radius 1 is 1.50 bits per heavy atom. The second-order valence-corrected chi connectivity index (χ2v) is 5.52. The molecule has 0 atom stereocenters. The summed E-state index contributed by atoms with van der Waals surface area (Å²) in [7, 11) is 0. The number of amides is 1. The lowest BCUT2D eigenvalue weighted by atomic mass is 10.2. The van der Waals surface area contributed by atoms with Crippen LogP contribution >= 0.6 is 11.3 Å². The molecule has 1 saturated carbocycles. The van der Waals surface area contributed by atoms with Crippen LogP contribution in [0.1, 0.15) is 30.6 Å². The van der Waals surface area contributed by atoms with Gasteiger partial charge in [-0.15, -0.1) is 11.3 Å².